The van der Waals surface area contributed by atoms with Gasteiger partial charge in [-0.1, -0.05) is 36.4 Å². The average molecular weight is 336 g/mol. The molecule has 1 aromatic heterocycles. The minimum absolute atomic E-state index is 0.00772. The number of imidazole rings is 1. The lowest BCUT2D eigenvalue weighted by molar-refractivity contribution is 0.167. The van der Waals surface area contributed by atoms with Crippen molar-refractivity contribution in [3.05, 3.63) is 59.2 Å². The molecular formula is C20H24N4O. The Morgan fingerprint density at radius 1 is 1.32 bits per heavy atom. The van der Waals surface area contributed by atoms with Gasteiger partial charge in [-0.05, 0) is 37.8 Å². The first-order valence-corrected chi connectivity index (χ1v) is 8.93. The van der Waals surface area contributed by atoms with Gasteiger partial charge in [0.15, 0.2) is 0 Å². The van der Waals surface area contributed by atoms with E-state index in [1.54, 1.807) is 6.20 Å². The summed E-state index contributed by atoms with van der Waals surface area (Å²) >= 11 is 0. The highest BCUT2D eigenvalue weighted by Crippen LogP contribution is 2.43. The van der Waals surface area contributed by atoms with Crippen molar-refractivity contribution in [2.24, 2.45) is 0 Å². The Balaban J connectivity index is 1.39. The number of piperidine rings is 1. The standard InChI is InChI=1S/C20H24N4O/c1-14-13-21-18(22-14)15(2)23-19(25)24-11-9-20(10-12-24)8-7-16-5-3-4-6-17(16)20/h3-8,13,15H,9-12H2,1-2H3,(H,21,22)(H,23,25)/t15-/m1/s1. The van der Waals surface area contributed by atoms with Gasteiger partial charge in [-0.15, -0.1) is 0 Å². The molecule has 130 valence electrons. The number of hydrogen-bond donors (Lipinski definition) is 2. The summed E-state index contributed by atoms with van der Waals surface area (Å²) in [6.07, 6.45) is 8.30. The molecule has 1 saturated heterocycles. The lowest BCUT2D eigenvalue weighted by Crippen LogP contribution is -2.48. The third-order valence-electron chi connectivity index (χ3n) is 5.49. The summed E-state index contributed by atoms with van der Waals surface area (Å²) in [4.78, 5) is 22.0. The van der Waals surface area contributed by atoms with Crippen LogP contribution in [-0.4, -0.2) is 34.0 Å². The molecule has 0 bridgehead atoms. The number of fused-ring (bicyclic) bond motifs is 2. The summed E-state index contributed by atoms with van der Waals surface area (Å²) < 4.78 is 0. The number of allylic oxidation sites excluding steroid dienone is 1. The predicted molar refractivity (Wildman–Crippen MR) is 98.2 cm³/mol. The zero-order valence-corrected chi connectivity index (χ0v) is 14.7. The number of amides is 2. The third-order valence-corrected chi connectivity index (χ3v) is 5.49. The highest BCUT2D eigenvalue weighted by atomic mass is 16.2. The molecule has 2 aromatic rings. The largest absolute Gasteiger partial charge is 0.344 e. The molecule has 1 spiro atoms. The van der Waals surface area contributed by atoms with E-state index in [1.807, 2.05) is 18.7 Å². The normalized spacial score (nSPS) is 19.0. The number of aryl methyl sites for hydroxylation is 1. The fraction of sp³-hybridized carbons (Fsp3) is 0.400. The zero-order chi connectivity index (χ0) is 17.4. The van der Waals surface area contributed by atoms with Gasteiger partial charge in [0.05, 0.1) is 6.04 Å². The summed E-state index contributed by atoms with van der Waals surface area (Å²) in [7, 11) is 0. The number of nitrogens with one attached hydrogen (secondary N) is 2. The second-order valence-electron chi connectivity index (χ2n) is 7.19. The Bertz CT molecular complexity index is 815. The number of rotatable bonds is 2. The van der Waals surface area contributed by atoms with Crippen molar-refractivity contribution in [2.75, 3.05) is 13.1 Å². The van der Waals surface area contributed by atoms with Crippen LogP contribution in [0, 0.1) is 6.92 Å². The van der Waals surface area contributed by atoms with E-state index in [1.165, 1.54) is 11.1 Å². The summed E-state index contributed by atoms with van der Waals surface area (Å²) in [6.45, 7) is 5.46. The molecule has 4 rings (SSSR count). The van der Waals surface area contributed by atoms with Crippen LogP contribution in [0.4, 0.5) is 4.79 Å². The number of urea groups is 1. The number of nitrogens with zero attached hydrogens (tertiary/aromatic N) is 2. The topological polar surface area (TPSA) is 61.0 Å². The second kappa shape index (κ2) is 6.06. The summed E-state index contributed by atoms with van der Waals surface area (Å²) in [5, 5.41) is 3.05. The van der Waals surface area contributed by atoms with E-state index in [4.69, 9.17) is 0 Å². The summed E-state index contributed by atoms with van der Waals surface area (Å²) in [6, 6.07) is 8.47. The number of hydrogen-bond acceptors (Lipinski definition) is 2. The highest BCUT2D eigenvalue weighted by Gasteiger charge is 2.38. The first-order chi connectivity index (χ1) is 12.1. The highest BCUT2D eigenvalue weighted by molar-refractivity contribution is 5.75. The van der Waals surface area contributed by atoms with Crippen molar-refractivity contribution in [2.45, 2.75) is 38.1 Å². The number of benzene rings is 1. The molecule has 25 heavy (non-hydrogen) atoms. The van der Waals surface area contributed by atoms with Gasteiger partial charge in [-0.25, -0.2) is 9.78 Å². The lowest BCUT2D eigenvalue weighted by Gasteiger charge is -2.39. The van der Waals surface area contributed by atoms with Crippen molar-refractivity contribution in [3.8, 4) is 0 Å². The molecule has 1 aliphatic carbocycles. The maximum Gasteiger partial charge on any atom is 0.317 e. The van der Waals surface area contributed by atoms with Crippen LogP contribution in [-0.2, 0) is 5.41 Å². The molecular weight excluding hydrogens is 312 g/mol. The second-order valence-corrected chi connectivity index (χ2v) is 7.19. The fourth-order valence-corrected chi connectivity index (χ4v) is 3.98. The van der Waals surface area contributed by atoms with Crippen LogP contribution >= 0.6 is 0 Å². The predicted octanol–water partition coefficient (Wildman–Crippen LogP) is 3.55. The minimum atomic E-state index is -0.121. The van der Waals surface area contributed by atoms with E-state index in [-0.39, 0.29) is 17.5 Å². The molecule has 0 saturated carbocycles. The van der Waals surface area contributed by atoms with Gasteiger partial charge < -0.3 is 15.2 Å². The van der Waals surface area contributed by atoms with Gasteiger partial charge in [-0.2, -0.15) is 0 Å². The number of carbonyl (C=O) groups excluding carboxylic acids is 1. The smallest absolute Gasteiger partial charge is 0.317 e. The van der Waals surface area contributed by atoms with Crippen LogP contribution in [0.15, 0.2) is 36.5 Å². The van der Waals surface area contributed by atoms with Crippen LogP contribution in [0.5, 0.6) is 0 Å². The number of carbonyl (C=O) groups is 1. The average Bonchev–Trinajstić information content (AvgIpc) is 3.21. The maximum absolute atomic E-state index is 12.6. The van der Waals surface area contributed by atoms with Crippen molar-refractivity contribution < 1.29 is 4.79 Å². The molecule has 1 aliphatic heterocycles. The van der Waals surface area contributed by atoms with E-state index in [0.717, 1.165) is 37.4 Å². The van der Waals surface area contributed by atoms with Crippen LogP contribution in [0.2, 0.25) is 0 Å². The summed E-state index contributed by atoms with van der Waals surface area (Å²) in [5.74, 6) is 0.798. The minimum Gasteiger partial charge on any atom is -0.344 e. The van der Waals surface area contributed by atoms with Crippen molar-refractivity contribution in [3.63, 3.8) is 0 Å². The van der Waals surface area contributed by atoms with E-state index in [0.29, 0.717) is 0 Å². The maximum atomic E-state index is 12.6. The first kappa shape index (κ1) is 15.9. The molecule has 0 radical (unpaired) electrons. The molecule has 0 unspecified atom stereocenters. The number of aromatic amines is 1. The molecule has 1 atom stereocenters. The Morgan fingerprint density at radius 2 is 2.08 bits per heavy atom. The molecule has 5 nitrogen and oxygen atoms in total. The van der Waals surface area contributed by atoms with Crippen LogP contribution in [0.25, 0.3) is 6.08 Å². The Morgan fingerprint density at radius 3 is 2.80 bits per heavy atom. The number of likely N-dealkylation sites (tertiary alicyclic amines) is 1. The first-order valence-electron chi connectivity index (χ1n) is 8.93. The van der Waals surface area contributed by atoms with Crippen LogP contribution in [0.3, 0.4) is 0 Å². The molecule has 2 heterocycles. The SMILES string of the molecule is Cc1cnc([C@@H](C)NC(=O)N2CCC3(C=Cc4ccccc43)CC2)[nH]1. The van der Waals surface area contributed by atoms with Gasteiger partial charge in [-0.3, -0.25) is 0 Å². The van der Waals surface area contributed by atoms with Crippen LogP contribution < -0.4 is 5.32 Å². The van der Waals surface area contributed by atoms with E-state index in [9.17, 15) is 4.79 Å². The molecule has 1 fully saturated rings. The van der Waals surface area contributed by atoms with Gasteiger partial charge >= 0.3 is 6.03 Å². The molecule has 2 aliphatic rings. The van der Waals surface area contributed by atoms with Crippen molar-refractivity contribution >= 4 is 12.1 Å². The molecule has 2 amide bonds. The van der Waals surface area contributed by atoms with E-state index < -0.39 is 0 Å². The zero-order valence-electron chi connectivity index (χ0n) is 14.7. The number of H-pyrrole nitrogens is 1. The Kier molecular flexibility index (Phi) is 3.86. The number of aromatic nitrogens is 2. The van der Waals surface area contributed by atoms with Gasteiger partial charge in [0.1, 0.15) is 5.82 Å². The van der Waals surface area contributed by atoms with Crippen molar-refractivity contribution in [1.29, 1.82) is 0 Å². The quantitative estimate of drug-likeness (QED) is 0.881. The molecule has 1 aromatic carbocycles. The fourth-order valence-electron chi connectivity index (χ4n) is 3.98. The Hall–Kier alpha value is -2.56. The van der Waals surface area contributed by atoms with Crippen LogP contribution in [0.1, 0.15) is 48.5 Å². The van der Waals surface area contributed by atoms with Gasteiger partial charge in [0, 0.05) is 30.4 Å². The third kappa shape index (κ3) is 2.84. The Labute approximate surface area is 148 Å². The molecule has 5 heteroatoms. The van der Waals surface area contributed by atoms with E-state index >= 15 is 0 Å². The van der Waals surface area contributed by atoms with Crippen molar-refractivity contribution in [1.82, 2.24) is 20.2 Å². The summed E-state index contributed by atoms with van der Waals surface area (Å²) in [5.41, 5.74) is 3.84. The monoisotopic (exact) mass is 336 g/mol. The van der Waals surface area contributed by atoms with Gasteiger partial charge in [0.25, 0.3) is 0 Å². The molecule has 2 N–H and O–H groups in total. The lowest BCUT2D eigenvalue weighted by atomic mass is 9.74. The van der Waals surface area contributed by atoms with Gasteiger partial charge in [0.2, 0.25) is 0 Å². The van der Waals surface area contributed by atoms with E-state index in [2.05, 4.69) is 51.7 Å².